The molecule has 2 aromatic heterocycles. The lowest BCUT2D eigenvalue weighted by molar-refractivity contribution is 0.840. The number of H-pyrrole nitrogens is 1. The molecule has 0 unspecified atom stereocenters. The first-order valence-electron chi connectivity index (χ1n) is 4.88. The Morgan fingerprint density at radius 1 is 1.43 bits per heavy atom. The summed E-state index contributed by atoms with van der Waals surface area (Å²) < 4.78 is 0. The maximum Gasteiger partial charge on any atom is 0.219 e. The van der Waals surface area contributed by atoms with Crippen LogP contribution in [0.4, 0.5) is 5.82 Å². The van der Waals surface area contributed by atoms with Crippen molar-refractivity contribution < 1.29 is 0 Å². The highest BCUT2D eigenvalue weighted by Crippen LogP contribution is 2.28. The Kier molecular flexibility index (Phi) is 1.53. The van der Waals surface area contributed by atoms with Crippen LogP contribution in [0.5, 0.6) is 0 Å². The van der Waals surface area contributed by atoms with Gasteiger partial charge in [-0.05, 0) is 18.4 Å². The Labute approximate surface area is 82.8 Å². The van der Waals surface area contributed by atoms with Crippen LogP contribution >= 0.6 is 0 Å². The number of nitrogens with one attached hydrogen (secondary N) is 1. The largest absolute Gasteiger partial charge is 0.407 e. The summed E-state index contributed by atoms with van der Waals surface area (Å²) in [5, 5.41) is 1.20. The lowest BCUT2D eigenvalue weighted by Crippen LogP contribution is -2.20. The van der Waals surface area contributed by atoms with Gasteiger partial charge >= 0.3 is 0 Å². The molecule has 1 aliphatic rings. The molecule has 0 saturated carbocycles. The van der Waals surface area contributed by atoms with Crippen LogP contribution in [0.25, 0.3) is 11.0 Å². The van der Waals surface area contributed by atoms with E-state index < -0.39 is 0 Å². The fraction of sp³-hybridized carbons (Fsp3) is 0.333. The molecule has 0 radical (unpaired) electrons. The number of hydrogen-bond acceptors (Lipinski definition) is 3. The average Bonchev–Trinajstić information content (AvgIpc) is 2.53. The first-order valence-corrected chi connectivity index (χ1v) is 4.88. The topological polar surface area (TPSA) is 44.8 Å². The van der Waals surface area contributed by atoms with E-state index in [0.717, 1.165) is 24.4 Å². The zero-order valence-corrected chi connectivity index (χ0v) is 8.12. The van der Waals surface area contributed by atoms with Crippen LogP contribution in [0.15, 0.2) is 12.5 Å². The van der Waals surface area contributed by atoms with Crippen molar-refractivity contribution in [3.05, 3.63) is 18.1 Å². The van der Waals surface area contributed by atoms with Gasteiger partial charge in [-0.3, -0.25) is 0 Å². The molecule has 4 nitrogen and oxygen atoms in total. The second-order valence-corrected chi connectivity index (χ2v) is 3.76. The van der Waals surface area contributed by atoms with Crippen LogP contribution in [0.1, 0.15) is 12.0 Å². The first kappa shape index (κ1) is 7.85. The Hall–Kier alpha value is -1.52. The minimum absolute atomic E-state index is 0.957. The average molecular weight is 186 g/mol. The molecule has 1 N–H and O–H groups in total. The van der Waals surface area contributed by atoms with Gasteiger partial charge in [0.05, 0.1) is 5.39 Å². The second-order valence-electron chi connectivity index (χ2n) is 3.76. The molecular weight excluding hydrogens is 175 g/mol. The normalized spacial score (nSPS) is 15.9. The zero-order chi connectivity index (χ0) is 9.54. The molecule has 1 aliphatic heterocycles. The van der Waals surface area contributed by atoms with Crippen molar-refractivity contribution in [3.63, 3.8) is 0 Å². The standard InChI is InChI=1S/C9H11BN4/c10-14-3-1-2-6-4-11-8-7(6)9(14)13-5-12-8/h4-5H,1-3,10H2,(H,11,12,13). The molecule has 3 rings (SSSR count). The molecule has 0 saturated heterocycles. The van der Waals surface area contributed by atoms with E-state index in [1.165, 1.54) is 17.4 Å². The second kappa shape index (κ2) is 2.74. The predicted octanol–water partition coefficient (Wildman–Crippen LogP) is 0.259. The van der Waals surface area contributed by atoms with Gasteiger partial charge in [-0.2, -0.15) is 0 Å². The van der Waals surface area contributed by atoms with Crippen LogP contribution < -0.4 is 4.81 Å². The third kappa shape index (κ3) is 0.952. The molecule has 14 heavy (non-hydrogen) atoms. The van der Waals surface area contributed by atoms with E-state index in [9.17, 15) is 0 Å². The Morgan fingerprint density at radius 3 is 3.29 bits per heavy atom. The summed E-state index contributed by atoms with van der Waals surface area (Å²) in [6.07, 6.45) is 5.98. The summed E-state index contributed by atoms with van der Waals surface area (Å²) in [6.45, 7) is 1.07. The van der Waals surface area contributed by atoms with Gasteiger partial charge in [0, 0.05) is 12.7 Å². The molecule has 70 valence electrons. The van der Waals surface area contributed by atoms with Gasteiger partial charge in [-0.15, -0.1) is 0 Å². The van der Waals surface area contributed by atoms with Crippen molar-refractivity contribution in [2.75, 3.05) is 11.4 Å². The van der Waals surface area contributed by atoms with Gasteiger partial charge in [-0.25, -0.2) is 9.97 Å². The summed E-state index contributed by atoms with van der Waals surface area (Å²) in [6, 6.07) is 0. The lowest BCUT2D eigenvalue weighted by atomic mass is 10.1. The van der Waals surface area contributed by atoms with E-state index in [2.05, 4.69) is 33.9 Å². The Morgan fingerprint density at radius 2 is 2.36 bits per heavy atom. The van der Waals surface area contributed by atoms with E-state index in [1.807, 2.05) is 0 Å². The fourth-order valence-corrected chi connectivity index (χ4v) is 2.11. The maximum atomic E-state index is 4.35. The highest BCUT2D eigenvalue weighted by molar-refractivity contribution is 6.20. The number of aromatic nitrogens is 3. The van der Waals surface area contributed by atoms with Crippen LogP contribution in [-0.4, -0.2) is 29.5 Å². The minimum atomic E-state index is 0.957. The van der Waals surface area contributed by atoms with Gasteiger partial charge in [0.2, 0.25) is 7.98 Å². The lowest BCUT2D eigenvalue weighted by Gasteiger charge is -2.16. The first-order chi connectivity index (χ1) is 6.86. The van der Waals surface area contributed by atoms with E-state index >= 15 is 0 Å². The number of nitrogens with zero attached hydrogens (tertiary/aromatic N) is 3. The summed E-state index contributed by atoms with van der Waals surface area (Å²) in [5.41, 5.74) is 2.30. The van der Waals surface area contributed by atoms with Crippen LogP contribution in [0.3, 0.4) is 0 Å². The van der Waals surface area contributed by atoms with Gasteiger partial charge < -0.3 is 9.79 Å². The summed E-state index contributed by atoms with van der Waals surface area (Å²) in [4.78, 5) is 14.0. The van der Waals surface area contributed by atoms with Crippen molar-refractivity contribution >= 4 is 24.8 Å². The summed E-state index contributed by atoms with van der Waals surface area (Å²) in [7, 11) is 2.09. The fourth-order valence-electron chi connectivity index (χ4n) is 2.11. The Balaban J connectivity index is 2.38. The van der Waals surface area contributed by atoms with E-state index in [1.54, 1.807) is 6.33 Å². The molecule has 0 fully saturated rings. The molecule has 0 aromatic carbocycles. The highest BCUT2D eigenvalue weighted by atomic mass is 15.1. The van der Waals surface area contributed by atoms with Crippen LogP contribution in [-0.2, 0) is 6.42 Å². The monoisotopic (exact) mass is 186 g/mol. The molecule has 2 aromatic rings. The van der Waals surface area contributed by atoms with Gasteiger partial charge in [-0.1, -0.05) is 0 Å². The van der Waals surface area contributed by atoms with Crippen molar-refractivity contribution in [1.29, 1.82) is 0 Å². The van der Waals surface area contributed by atoms with Crippen molar-refractivity contribution in [2.24, 2.45) is 0 Å². The predicted molar refractivity (Wildman–Crippen MR) is 58.1 cm³/mol. The van der Waals surface area contributed by atoms with E-state index in [0.29, 0.717) is 0 Å². The van der Waals surface area contributed by atoms with E-state index in [-0.39, 0.29) is 0 Å². The third-order valence-corrected chi connectivity index (χ3v) is 2.83. The number of hydrogen-bond donors (Lipinski definition) is 1. The molecule has 0 atom stereocenters. The number of rotatable bonds is 0. The highest BCUT2D eigenvalue weighted by Gasteiger charge is 2.16. The maximum absolute atomic E-state index is 4.35. The third-order valence-electron chi connectivity index (χ3n) is 2.83. The smallest absolute Gasteiger partial charge is 0.219 e. The molecule has 0 spiro atoms. The van der Waals surface area contributed by atoms with Crippen molar-refractivity contribution in [2.45, 2.75) is 12.8 Å². The van der Waals surface area contributed by atoms with E-state index in [4.69, 9.17) is 0 Å². The van der Waals surface area contributed by atoms with Crippen molar-refractivity contribution in [3.8, 4) is 0 Å². The molecule has 0 amide bonds. The number of aromatic amines is 1. The Bertz CT molecular complexity index is 479. The van der Waals surface area contributed by atoms with Gasteiger partial charge in [0.1, 0.15) is 17.8 Å². The van der Waals surface area contributed by atoms with Crippen LogP contribution in [0, 0.1) is 0 Å². The molecule has 5 heteroatoms. The molecular formula is C9H11BN4. The van der Waals surface area contributed by atoms with Crippen LogP contribution in [0.2, 0.25) is 0 Å². The van der Waals surface area contributed by atoms with Gasteiger partial charge in [0.15, 0.2) is 0 Å². The molecule has 0 aliphatic carbocycles. The number of aryl methyl sites for hydroxylation is 1. The summed E-state index contributed by atoms with van der Waals surface area (Å²) in [5.74, 6) is 1.06. The zero-order valence-electron chi connectivity index (χ0n) is 8.12. The number of anilines is 1. The minimum Gasteiger partial charge on any atom is -0.407 e. The SMILES string of the molecule is BN1CCCc2c[nH]c3ncnc1c23. The van der Waals surface area contributed by atoms with Gasteiger partial charge in [0.25, 0.3) is 0 Å². The quantitative estimate of drug-likeness (QED) is 0.600. The molecule has 3 heterocycles. The van der Waals surface area contributed by atoms with Crippen molar-refractivity contribution in [1.82, 2.24) is 15.0 Å². The summed E-state index contributed by atoms with van der Waals surface area (Å²) >= 11 is 0. The molecule has 0 bridgehead atoms.